The van der Waals surface area contributed by atoms with Gasteiger partial charge in [-0.1, -0.05) is 29.4 Å². The van der Waals surface area contributed by atoms with Gasteiger partial charge in [0.05, 0.1) is 0 Å². The van der Waals surface area contributed by atoms with Gasteiger partial charge in [-0.2, -0.15) is 0 Å². The molecule has 2 N–H and O–H groups in total. The predicted molar refractivity (Wildman–Crippen MR) is 65.6 cm³/mol. The van der Waals surface area contributed by atoms with Gasteiger partial charge in [0.2, 0.25) is 0 Å². The summed E-state index contributed by atoms with van der Waals surface area (Å²) in [5.41, 5.74) is 6.75. The Morgan fingerprint density at radius 3 is 3.00 bits per heavy atom. The zero-order chi connectivity index (χ0) is 10.7. The highest BCUT2D eigenvalue weighted by Gasteiger charge is 2.05. The summed E-state index contributed by atoms with van der Waals surface area (Å²) < 4.78 is 1.01. The van der Waals surface area contributed by atoms with Gasteiger partial charge in [0.1, 0.15) is 0 Å². The Morgan fingerprint density at radius 1 is 1.47 bits per heavy atom. The number of aromatic nitrogens is 1. The van der Waals surface area contributed by atoms with Gasteiger partial charge >= 0.3 is 0 Å². The lowest BCUT2D eigenvalue weighted by atomic mass is 10.2. The summed E-state index contributed by atoms with van der Waals surface area (Å²) in [4.78, 5) is 5.30. The third-order valence-corrected chi connectivity index (χ3v) is 4.07. The molecule has 2 aromatic rings. The second kappa shape index (κ2) is 4.99. The number of halogens is 1. The van der Waals surface area contributed by atoms with Crippen molar-refractivity contribution < 1.29 is 0 Å². The summed E-state index contributed by atoms with van der Waals surface area (Å²) in [6.07, 6.45) is 1.79. The van der Waals surface area contributed by atoms with E-state index in [1.807, 2.05) is 23.6 Å². The molecule has 0 saturated carbocycles. The van der Waals surface area contributed by atoms with Crippen LogP contribution in [0.15, 0.2) is 39.0 Å². The van der Waals surface area contributed by atoms with Gasteiger partial charge in [-0.05, 0) is 17.7 Å². The maximum absolute atomic E-state index is 5.94. The minimum Gasteiger partial charge on any atom is -0.326 e. The minimum absolute atomic E-state index is 0.519. The second-order valence-electron chi connectivity index (χ2n) is 2.86. The molecule has 0 aliphatic heterocycles. The lowest BCUT2D eigenvalue weighted by Crippen LogP contribution is -1.97. The van der Waals surface area contributed by atoms with Crippen LogP contribution in [0.1, 0.15) is 5.56 Å². The minimum atomic E-state index is 0.519. The van der Waals surface area contributed by atoms with Gasteiger partial charge in [0, 0.05) is 28.0 Å². The second-order valence-corrected chi connectivity index (χ2v) is 5.48. The highest BCUT2D eigenvalue weighted by Crippen LogP contribution is 2.33. The first-order chi connectivity index (χ1) is 7.29. The summed E-state index contributed by atoms with van der Waals surface area (Å²) in [6.45, 7) is 0.519. The number of rotatable bonds is 3. The monoisotopic (exact) mass is 256 g/mol. The lowest BCUT2D eigenvalue weighted by molar-refractivity contribution is 1.03. The lowest BCUT2D eigenvalue weighted by Gasteiger charge is -2.05. The van der Waals surface area contributed by atoms with E-state index < -0.39 is 0 Å². The molecule has 2 rings (SSSR count). The fourth-order valence-corrected chi connectivity index (χ4v) is 3.14. The molecule has 5 heteroatoms. The molecule has 0 aliphatic rings. The molecular formula is C10H9ClN2S2. The molecule has 0 fully saturated rings. The maximum atomic E-state index is 5.94. The molecule has 0 unspecified atom stereocenters. The van der Waals surface area contributed by atoms with Gasteiger partial charge in [-0.3, -0.25) is 0 Å². The quantitative estimate of drug-likeness (QED) is 0.915. The van der Waals surface area contributed by atoms with E-state index in [9.17, 15) is 0 Å². The van der Waals surface area contributed by atoms with Crippen LogP contribution in [0.25, 0.3) is 0 Å². The SMILES string of the molecule is NCc1ccc(Cl)cc1Sc1nccs1. The third kappa shape index (κ3) is 2.72. The predicted octanol–water partition coefficient (Wildman–Crippen LogP) is 3.41. The highest BCUT2D eigenvalue weighted by atomic mass is 35.5. The van der Waals surface area contributed by atoms with Crippen LogP contribution >= 0.6 is 34.7 Å². The Hall–Kier alpha value is -0.550. The summed E-state index contributed by atoms with van der Waals surface area (Å²) >= 11 is 9.16. The fourth-order valence-electron chi connectivity index (χ4n) is 1.15. The number of hydrogen-bond acceptors (Lipinski definition) is 4. The number of hydrogen-bond donors (Lipinski definition) is 1. The van der Waals surface area contributed by atoms with Crippen LogP contribution in [0.3, 0.4) is 0 Å². The Morgan fingerprint density at radius 2 is 2.33 bits per heavy atom. The van der Waals surface area contributed by atoms with Crippen molar-refractivity contribution in [2.24, 2.45) is 5.73 Å². The molecule has 0 spiro atoms. The smallest absolute Gasteiger partial charge is 0.154 e. The van der Waals surface area contributed by atoms with Crippen LogP contribution in [0.4, 0.5) is 0 Å². The van der Waals surface area contributed by atoms with E-state index in [0.717, 1.165) is 19.8 Å². The van der Waals surface area contributed by atoms with Crippen LogP contribution in [0.2, 0.25) is 5.02 Å². The van der Waals surface area contributed by atoms with Crippen LogP contribution in [0, 0.1) is 0 Å². The Balaban J connectivity index is 2.30. The van der Waals surface area contributed by atoms with E-state index in [1.54, 1.807) is 29.3 Å². The molecule has 1 aromatic heterocycles. The number of nitrogens with zero attached hydrogens (tertiary/aromatic N) is 1. The van der Waals surface area contributed by atoms with Gasteiger partial charge in [-0.25, -0.2) is 4.98 Å². The average molecular weight is 257 g/mol. The van der Waals surface area contributed by atoms with Crippen LogP contribution in [-0.4, -0.2) is 4.98 Å². The third-order valence-electron chi connectivity index (χ3n) is 1.86. The molecule has 78 valence electrons. The average Bonchev–Trinajstić information content (AvgIpc) is 2.71. The van der Waals surface area contributed by atoms with Gasteiger partial charge in [-0.15, -0.1) is 11.3 Å². The van der Waals surface area contributed by atoms with Gasteiger partial charge < -0.3 is 5.73 Å². The largest absolute Gasteiger partial charge is 0.326 e. The van der Waals surface area contributed by atoms with Crippen molar-refractivity contribution in [3.05, 3.63) is 40.4 Å². The van der Waals surface area contributed by atoms with Crippen LogP contribution < -0.4 is 5.73 Å². The summed E-state index contributed by atoms with van der Waals surface area (Å²) in [5, 5.41) is 2.68. The van der Waals surface area contributed by atoms with Crippen molar-refractivity contribution in [3.8, 4) is 0 Å². The van der Waals surface area contributed by atoms with E-state index in [4.69, 9.17) is 17.3 Å². The topological polar surface area (TPSA) is 38.9 Å². The fraction of sp³-hybridized carbons (Fsp3) is 0.100. The first kappa shape index (κ1) is 11.0. The molecule has 0 bridgehead atoms. The summed E-state index contributed by atoms with van der Waals surface area (Å²) in [6, 6.07) is 5.74. The number of benzene rings is 1. The normalized spacial score (nSPS) is 10.5. The van der Waals surface area contributed by atoms with Gasteiger partial charge in [0.15, 0.2) is 4.34 Å². The molecule has 1 heterocycles. The first-order valence-electron chi connectivity index (χ1n) is 4.35. The van der Waals surface area contributed by atoms with E-state index in [0.29, 0.717) is 6.54 Å². The number of nitrogens with two attached hydrogens (primary N) is 1. The molecule has 2 nitrogen and oxygen atoms in total. The molecule has 1 aromatic carbocycles. The standard InChI is InChI=1S/C10H9ClN2S2/c11-8-2-1-7(6-12)9(5-8)15-10-13-3-4-14-10/h1-5H,6,12H2. The summed E-state index contributed by atoms with van der Waals surface area (Å²) in [7, 11) is 0. The van der Waals surface area contributed by atoms with E-state index in [-0.39, 0.29) is 0 Å². The van der Waals surface area contributed by atoms with Crippen molar-refractivity contribution >= 4 is 34.7 Å². The molecular weight excluding hydrogens is 248 g/mol. The molecule has 0 atom stereocenters. The molecule has 15 heavy (non-hydrogen) atoms. The van der Waals surface area contributed by atoms with Gasteiger partial charge in [0.25, 0.3) is 0 Å². The first-order valence-corrected chi connectivity index (χ1v) is 6.43. The Bertz CT molecular complexity index is 443. The van der Waals surface area contributed by atoms with Crippen molar-refractivity contribution in [1.29, 1.82) is 0 Å². The maximum Gasteiger partial charge on any atom is 0.154 e. The molecule has 0 amide bonds. The van der Waals surface area contributed by atoms with Crippen molar-refractivity contribution in [3.63, 3.8) is 0 Å². The van der Waals surface area contributed by atoms with E-state index >= 15 is 0 Å². The van der Waals surface area contributed by atoms with Crippen molar-refractivity contribution in [2.75, 3.05) is 0 Å². The molecule has 0 aliphatic carbocycles. The molecule has 0 saturated heterocycles. The van der Waals surface area contributed by atoms with E-state index in [1.165, 1.54) is 0 Å². The zero-order valence-corrected chi connectivity index (χ0v) is 10.2. The Labute approximate surface area is 101 Å². The zero-order valence-electron chi connectivity index (χ0n) is 7.81. The van der Waals surface area contributed by atoms with Crippen molar-refractivity contribution in [1.82, 2.24) is 4.98 Å². The number of thiazole rings is 1. The van der Waals surface area contributed by atoms with Crippen LogP contribution in [0.5, 0.6) is 0 Å². The van der Waals surface area contributed by atoms with E-state index in [2.05, 4.69) is 4.98 Å². The summed E-state index contributed by atoms with van der Waals surface area (Å²) in [5.74, 6) is 0. The molecule has 0 radical (unpaired) electrons. The van der Waals surface area contributed by atoms with Crippen molar-refractivity contribution in [2.45, 2.75) is 15.8 Å². The van der Waals surface area contributed by atoms with Crippen LogP contribution in [-0.2, 0) is 6.54 Å². The highest BCUT2D eigenvalue weighted by molar-refractivity contribution is 8.01. The Kier molecular flexibility index (Phi) is 3.64.